The van der Waals surface area contributed by atoms with Crippen LogP contribution in [0.2, 0.25) is 0 Å². The Balaban J connectivity index is 2.25. The highest BCUT2D eigenvalue weighted by atomic mass is 16.3. The summed E-state index contributed by atoms with van der Waals surface area (Å²) in [6.45, 7) is 1.06. The lowest BCUT2D eigenvalue weighted by molar-refractivity contribution is 0.334. The molecule has 1 atom stereocenters. The van der Waals surface area contributed by atoms with E-state index >= 15 is 0 Å². The lowest BCUT2D eigenvalue weighted by Gasteiger charge is -2.10. The van der Waals surface area contributed by atoms with Crippen LogP contribution in [0, 0.1) is 5.92 Å². The first-order valence-electron chi connectivity index (χ1n) is 4.09. The monoisotopic (exact) mass is 164 g/mol. The molecule has 0 amide bonds. The highest BCUT2D eigenvalue weighted by Gasteiger charge is 2.22. The van der Waals surface area contributed by atoms with Gasteiger partial charge in [-0.05, 0) is 11.6 Å². The fourth-order valence-corrected chi connectivity index (χ4v) is 1.56. The number of hydrogen-bond acceptors (Lipinski definition) is 3. The summed E-state index contributed by atoms with van der Waals surface area (Å²) >= 11 is 0. The van der Waals surface area contributed by atoms with E-state index in [4.69, 9.17) is 5.11 Å². The highest BCUT2D eigenvalue weighted by Crippen LogP contribution is 2.20. The molecule has 1 unspecified atom stereocenters. The zero-order valence-corrected chi connectivity index (χ0v) is 7.07. The van der Waals surface area contributed by atoms with Gasteiger partial charge in [0.05, 0.1) is 12.3 Å². The molecule has 0 fully saturated rings. The molecule has 2 rings (SSSR count). The summed E-state index contributed by atoms with van der Waals surface area (Å²) in [4.78, 5) is 0. The van der Waals surface area contributed by atoms with Gasteiger partial charge in [0.1, 0.15) is 0 Å². The van der Waals surface area contributed by atoms with Crippen molar-refractivity contribution in [3.05, 3.63) is 23.8 Å². The second-order valence-corrected chi connectivity index (χ2v) is 3.21. The fraction of sp³-hybridized carbons (Fsp3) is 0.444. The van der Waals surface area contributed by atoms with Gasteiger partial charge in [-0.15, -0.1) is 0 Å². The maximum Gasteiger partial charge on any atom is 0.0696 e. The van der Waals surface area contributed by atoms with Crippen molar-refractivity contribution >= 4 is 5.71 Å². The van der Waals surface area contributed by atoms with E-state index in [1.165, 1.54) is 0 Å². The Kier molecular flexibility index (Phi) is 1.73. The maximum absolute atomic E-state index is 8.89. The minimum absolute atomic E-state index is 0.103. The average molecular weight is 164 g/mol. The normalized spacial score (nSPS) is 26.8. The molecule has 12 heavy (non-hydrogen) atoms. The van der Waals surface area contributed by atoms with E-state index in [1.807, 2.05) is 24.2 Å². The summed E-state index contributed by atoms with van der Waals surface area (Å²) in [5, 5.41) is 15.1. The zero-order chi connectivity index (χ0) is 8.55. The molecule has 0 saturated heterocycles. The molecule has 0 bridgehead atoms. The predicted octanol–water partition coefficient (Wildman–Crippen LogP) is 0.393. The van der Waals surface area contributed by atoms with Gasteiger partial charge in [-0.25, -0.2) is 0 Å². The quantitative estimate of drug-likeness (QED) is 0.608. The van der Waals surface area contributed by atoms with Crippen LogP contribution < -0.4 is 0 Å². The molecule has 0 aromatic rings. The summed E-state index contributed by atoms with van der Waals surface area (Å²) in [6, 6.07) is 0. The van der Waals surface area contributed by atoms with Crippen LogP contribution in [0.1, 0.15) is 0 Å². The van der Waals surface area contributed by atoms with E-state index in [9.17, 15) is 0 Å². The summed E-state index contributed by atoms with van der Waals surface area (Å²) in [5.41, 5.74) is 2.02. The third-order valence-electron chi connectivity index (χ3n) is 2.19. The lowest BCUT2D eigenvalue weighted by atomic mass is 9.96. The number of hydrogen-bond donors (Lipinski definition) is 1. The van der Waals surface area contributed by atoms with Crippen LogP contribution in [0.25, 0.3) is 0 Å². The van der Waals surface area contributed by atoms with Crippen LogP contribution in [0.4, 0.5) is 0 Å². The van der Waals surface area contributed by atoms with Crippen molar-refractivity contribution in [2.45, 2.75) is 0 Å². The standard InChI is InChI=1S/C9H12N2O/c1-11-5-8-3-2-7(6-12)4-9(8)10-11/h2-4,8,12H,5-6H2,1H3. The Labute approximate surface area is 71.7 Å². The molecule has 64 valence electrons. The first-order chi connectivity index (χ1) is 5.79. The number of aliphatic hydroxyl groups is 1. The molecule has 0 saturated carbocycles. The number of fused-ring (bicyclic) bond motifs is 1. The molecule has 1 heterocycles. The SMILES string of the molecule is CN1CC2C=CC(CO)=CC2=N1. The van der Waals surface area contributed by atoms with Crippen LogP contribution in [0.15, 0.2) is 28.9 Å². The van der Waals surface area contributed by atoms with Crippen LogP contribution in [0.3, 0.4) is 0 Å². The average Bonchev–Trinajstić information content (AvgIpc) is 2.43. The molecule has 3 heteroatoms. The molecule has 2 aliphatic rings. The molecule has 0 spiro atoms. The van der Waals surface area contributed by atoms with Crippen LogP contribution in [-0.4, -0.2) is 36.0 Å². The van der Waals surface area contributed by atoms with Crippen molar-refractivity contribution in [2.75, 3.05) is 20.2 Å². The summed E-state index contributed by atoms with van der Waals surface area (Å²) in [6.07, 6.45) is 6.05. The Morgan fingerprint density at radius 1 is 1.75 bits per heavy atom. The zero-order valence-electron chi connectivity index (χ0n) is 7.07. The molecular formula is C9H12N2O. The smallest absolute Gasteiger partial charge is 0.0696 e. The predicted molar refractivity (Wildman–Crippen MR) is 47.9 cm³/mol. The van der Waals surface area contributed by atoms with Crippen LogP contribution in [-0.2, 0) is 0 Å². The van der Waals surface area contributed by atoms with Gasteiger partial charge in [0.2, 0.25) is 0 Å². The van der Waals surface area contributed by atoms with E-state index < -0.39 is 0 Å². The molecular weight excluding hydrogens is 152 g/mol. The molecule has 0 aromatic carbocycles. The van der Waals surface area contributed by atoms with Crippen molar-refractivity contribution in [1.29, 1.82) is 0 Å². The third-order valence-corrected chi connectivity index (χ3v) is 2.19. The minimum Gasteiger partial charge on any atom is -0.392 e. The molecule has 0 radical (unpaired) electrons. The fourth-order valence-electron chi connectivity index (χ4n) is 1.56. The molecule has 0 aromatic heterocycles. The minimum atomic E-state index is 0.103. The largest absolute Gasteiger partial charge is 0.392 e. The van der Waals surface area contributed by atoms with Gasteiger partial charge in [0, 0.05) is 19.5 Å². The molecule has 3 nitrogen and oxygen atoms in total. The number of allylic oxidation sites excluding steroid dienone is 1. The van der Waals surface area contributed by atoms with E-state index in [0.717, 1.165) is 17.8 Å². The van der Waals surface area contributed by atoms with Gasteiger partial charge in [-0.1, -0.05) is 12.2 Å². The Bertz CT molecular complexity index is 278. The number of nitrogens with zero attached hydrogens (tertiary/aromatic N) is 2. The molecule has 1 aliphatic carbocycles. The maximum atomic E-state index is 8.89. The Morgan fingerprint density at radius 2 is 2.58 bits per heavy atom. The van der Waals surface area contributed by atoms with E-state index in [2.05, 4.69) is 11.2 Å². The van der Waals surface area contributed by atoms with Crippen LogP contribution >= 0.6 is 0 Å². The summed E-state index contributed by atoms with van der Waals surface area (Å²) < 4.78 is 0. The van der Waals surface area contributed by atoms with E-state index in [-0.39, 0.29) is 6.61 Å². The summed E-state index contributed by atoms with van der Waals surface area (Å²) in [5.74, 6) is 0.435. The molecule has 1 N–H and O–H groups in total. The lowest BCUT2D eigenvalue weighted by Crippen LogP contribution is -2.16. The third kappa shape index (κ3) is 1.16. The van der Waals surface area contributed by atoms with Crippen molar-refractivity contribution in [3.63, 3.8) is 0 Å². The first-order valence-corrected chi connectivity index (χ1v) is 4.09. The van der Waals surface area contributed by atoms with Gasteiger partial charge in [-0.3, -0.25) is 5.01 Å². The van der Waals surface area contributed by atoms with Crippen LogP contribution in [0.5, 0.6) is 0 Å². The number of aliphatic hydroxyl groups excluding tert-OH is 1. The van der Waals surface area contributed by atoms with E-state index in [0.29, 0.717) is 5.92 Å². The van der Waals surface area contributed by atoms with Crippen molar-refractivity contribution in [3.8, 4) is 0 Å². The van der Waals surface area contributed by atoms with Gasteiger partial charge in [0.15, 0.2) is 0 Å². The first kappa shape index (κ1) is 7.55. The topological polar surface area (TPSA) is 35.8 Å². The van der Waals surface area contributed by atoms with Gasteiger partial charge >= 0.3 is 0 Å². The molecule has 1 aliphatic heterocycles. The number of hydrazone groups is 1. The Morgan fingerprint density at radius 3 is 3.33 bits per heavy atom. The second kappa shape index (κ2) is 2.75. The van der Waals surface area contributed by atoms with Gasteiger partial charge in [-0.2, -0.15) is 5.10 Å². The van der Waals surface area contributed by atoms with Crippen molar-refractivity contribution in [1.82, 2.24) is 5.01 Å². The number of rotatable bonds is 1. The Hall–Kier alpha value is -1.09. The van der Waals surface area contributed by atoms with Crippen molar-refractivity contribution in [2.24, 2.45) is 11.0 Å². The van der Waals surface area contributed by atoms with Crippen molar-refractivity contribution < 1.29 is 5.11 Å². The van der Waals surface area contributed by atoms with Gasteiger partial charge < -0.3 is 5.11 Å². The van der Waals surface area contributed by atoms with E-state index in [1.54, 1.807) is 0 Å². The highest BCUT2D eigenvalue weighted by molar-refractivity contribution is 6.01. The summed E-state index contributed by atoms with van der Waals surface area (Å²) in [7, 11) is 1.96. The van der Waals surface area contributed by atoms with Gasteiger partial charge in [0.25, 0.3) is 0 Å². The second-order valence-electron chi connectivity index (χ2n) is 3.21.